The lowest BCUT2D eigenvalue weighted by atomic mass is 10.2. The number of aliphatic imine (C=N–C) groups is 1. The van der Waals surface area contributed by atoms with Crippen LogP contribution in [0, 0.1) is 0 Å². The topological polar surface area (TPSA) is 78.1 Å². The van der Waals surface area contributed by atoms with Gasteiger partial charge in [0.15, 0.2) is 5.96 Å². The molecule has 0 spiro atoms. The second kappa shape index (κ2) is 11.0. The average Bonchev–Trinajstić information content (AvgIpc) is 2.68. The average molecular weight is 357 g/mol. The maximum Gasteiger partial charge on any atom is 0.193 e. The van der Waals surface area contributed by atoms with Crippen LogP contribution in [0.15, 0.2) is 53.5 Å². The molecule has 2 aromatic carbocycles. The van der Waals surface area contributed by atoms with E-state index >= 15 is 0 Å². The van der Waals surface area contributed by atoms with Crippen molar-refractivity contribution in [1.29, 1.82) is 0 Å². The van der Waals surface area contributed by atoms with Gasteiger partial charge in [0.2, 0.25) is 0 Å². The molecule has 0 aromatic heterocycles. The number of nitrogens with one attached hydrogen (secondary N) is 1. The molecule has 0 aliphatic carbocycles. The van der Waals surface area contributed by atoms with Crippen molar-refractivity contribution >= 4 is 11.6 Å². The van der Waals surface area contributed by atoms with Gasteiger partial charge in [-0.3, -0.25) is 4.99 Å². The number of nitrogens with zero attached hydrogens (tertiary/aromatic N) is 1. The summed E-state index contributed by atoms with van der Waals surface area (Å²) in [6, 6.07) is 15.8. The Balaban J connectivity index is 1.68. The van der Waals surface area contributed by atoms with Crippen molar-refractivity contribution < 1.29 is 14.2 Å². The second-order valence-electron chi connectivity index (χ2n) is 5.66. The van der Waals surface area contributed by atoms with Crippen LogP contribution in [-0.2, 0) is 11.2 Å². The molecule has 0 amide bonds. The molecule has 0 radical (unpaired) electrons. The van der Waals surface area contributed by atoms with Crippen LogP contribution in [0.1, 0.15) is 12.0 Å². The molecule has 6 nitrogen and oxygen atoms in total. The lowest BCUT2D eigenvalue weighted by molar-refractivity contribution is 0.136. The summed E-state index contributed by atoms with van der Waals surface area (Å²) in [6.45, 7) is 1.96. The third-order valence-corrected chi connectivity index (χ3v) is 3.78. The van der Waals surface area contributed by atoms with Crippen LogP contribution >= 0.6 is 0 Å². The minimum atomic E-state index is 0.334. The van der Waals surface area contributed by atoms with Crippen molar-refractivity contribution in [3.8, 4) is 11.5 Å². The standard InChI is InChI=1S/C20H27N3O3/c1-24-17-9-10-19(25-2)18(15-17)23-20(21)22-12-6-13-26-14-11-16-7-4-3-5-8-16/h3-5,7-10,15H,6,11-14H2,1-2H3,(H3,21,22,23). The first kappa shape index (κ1) is 19.6. The number of nitrogens with two attached hydrogens (primary N) is 1. The number of benzene rings is 2. The molecule has 3 N–H and O–H groups in total. The number of hydrogen-bond donors (Lipinski definition) is 2. The van der Waals surface area contributed by atoms with E-state index < -0.39 is 0 Å². The highest BCUT2D eigenvalue weighted by molar-refractivity contribution is 5.93. The molecule has 2 rings (SSSR count). The van der Waals surface area contributed by atoms with Crippen LogP contribution < -0.4 is 20.5 Å². The molecule has 140 valence electrons. The normalized spacial score (nSPS) is 11.2. The van der Waals surface area contributed by atoms with E-state index in [4.69, 9.17) is 19.9 Å². The zero-order valence-electron chi connectivity index (χ0n) is 15.4. The molecule has 2 aromatic rings. The van der Waals surface area contributed by atoms with Gasteiger partial charge in [-0.15, -0.1) is 0 Å². The Morgan fingerprint density at radius 1 is 1.04 bits per heavy atom. The Morgan fingerprint density at radius 3 is 2.58 bits per heavy atom. The van der Waals surface area contributed by atoms with Crippen molar-refractivity contribution in [2.75, 3.05) is 39.3 Å². The predicted molar refractivity (Wildman–Crippen MR) is 105 cm³/mol. The van der Waals surface area contributed by atoms with Gasteiger partial charge in [-0.2, -0.15) is 0 Å². The summed E-state index contributed by atoms with van der Waals surface area (Å²) in [5.74, 6) is 1.72. The van der Waals surface area contributed by atoms with E-state index in [0.717, 1.165) is 12.8 Å². The Kier molecular flexibility index (Phi) is 8.29. The summed E-state index contributed by atoms with van der Waals surface area (Å²) in [5.41, 5.74) is 7.94. The van der Waals surface area contributed by atoms with Gasteiger partial charge >= 0.3 is 0 Å². The van der Waals surface area contributed by atoms with Crippen LogP contribution in [0.4, 0.5) is 5.69 Å². The molecular formula is C20H27N3O3. The van der Waals surface area contributed by atoms with Crippen LogP contribution in [0.3, 0.4) is 0 Å². The van der Waals surface area contributed by atoms with Crippen LogP contribution in [0.5, 0.6) is 11.5 Å². The second-order valence-corrected chi connectivity index (χ2v) is 5.66. The molecule has 0 unspecified atom stereocenters. The van der Waals surface area contributed by atoms with E-state index in [1.54, 1.807) is 14.2 Å². The van der Waals surface area contributed by atoms with Crippen LogP contribution in [-0.4, -0.2) is 39.9 Å². The summed E-state index contributed by atoms with van der Waals surface area (Å²) < 4.78 is 16.2. The lowest BCUT2D eigenvalue weighted by Crippen LogP contribution is -2.23. The van der Waals surface area contributed by atoms with Crippen LogP contribution in [0.25, 0.3) is 0 Å². The third kappa shape index (κ3) is 6.64. The summed E-state index contributed by atoms with van der Waals surface area (Å²) >= 11 is 0. The van der Waals surface area contributed by atoms with Crippen molar-refractivity contribution in [1.82, 2.24) is 0 Å². The number of ether oxygens (including phenoxy) is 3. The molecule has 26 heavy (non-hydrogen) atoms. The van der Waals surface area contributed by atoms with E-state index in [9.17, 15) is 0 Å². The Labute approximate surface area is 155 Å². The van der Waals surface area contributed by atoms with E-state index in [1.807, 2.05) is 36.4 Å². The van der Waals surface area contributed by atoms with Gasteiger partial charge in [0.25, 0.3) is 0 Å². The monoisotopic (exact) mass is 357 g/mol. The molecule has 0 fully saturated rings. The van der Waals surface area contributed by atoms with Crippen molar-refractivity contribution in [3.05, 3.63) is 54.1 Å². The molecule has 0 bridgehead atoms. The molecule has 0 aliphatic rings. The highest BCUT2D eigenvalue weighted by atomic mass is 16.5. The van der Waals surface area contributed by atoms with Gasteiger partial charge in [-0.1, -0.05) is 30.3 Å². The van der Waals surface area contributed by atoms with Crippen LogP contribution in [0.2, 0.25) is 0 Å². The molecule has 0 saturated heterocycles. The van der Waals surface area contributed by atoms with Gasteiger partial charge in [-0.25, -0.2) is 0 Å². The maximum absolute atomic E-state index is 5.94. The number of anilines is 1. The fourth-order valence-corrected chi connectivity index (χ4v) is 2.39. The smallest absolute Gasteiger partial charge is 0.193 e. The zero-order chi connectivity index (χ0) is 18.6. The fourth-order valence-electron chi connectivity index (χ4n) is 2.39. The molecule has 0 atom stereocenters. The number of rotatable bonds is 10. The van der Waals surface area contributed by atoms with E-state index in [2.05, 4.69) is 22.4 Å². The largest absolute Gasteiger partial charge is 0.497 e. The predicted octanol–water partition coefficient (Wildman–Crippen LogP) is 3.08. The molecule has 0 aliphatic heterocycles. The summed E-state index contributed by atoms with van der Waals surface area (Å²) in [4.78, 5) is 4.31. The summed E-state index contributed by atoms with van der Waals surface area (Å²) in [7, 11) is 3.22. The molecule has 0 heterocycles. The Hall–Kier alpha value is -2.73. The zero-order valence-corrected chi connectivity index (χ0v) is 15.4. The highest BCUT2D eigenvalue weighted by Crippen LogP contribution is 2.28. The van der Waals surface area contributed by atoms with Gasteiger partial charge in [-0.05, 0) is 30.5 Å². The van der Waals surface area contributed by atoms with Gasteiger partial charge in [0, 0.05) is 19.2 Å². The number of methoxy groups -OCH3 is 2. The van der Waals surface area contributed by atoms with E-state index in [0.29, 0.717) is 42.9 Å². The Morgan fingerprint density at radius 2 is 1.85 bits per heavy atom. The summed E-state index contributed by atoms with van der Waals surface area (Å²) in [5, 5.41) is 3.04. The van der Waals surface area contributed by atoms with Gasteiger partial charge in [0.05, 0.1) is 26.5 Å². The molecule has 0 saturated carbocycles. The first-order chi connectivity index (χ1) is 12.7. The van der Waals surface area contributed by atoms with E-state index in [-0.39, 0.29) is 0 Å². The molecule has 6 heteroatoms. The quantitative estimate of drug-likeness (QED) is 0.388. The number of hydrogen-bond acceptors (Lipinski definition) is 4. The van der Waals surface area contributed by atoms with Gasteiger partial charge < -0.3 is 25.3 Å². The summed E-state index contributed by atoms with van der Waals surface area (Å²) in [6.07, 6.45) is 1.73. The first-order valence-electron chi connectivity index (χ1n) is 8.63. The third-order valence-electron chi connectivity index (χ3n) is 3.78. The minimum Gasteiger partial charge on any atom is -0.497 e. The number of guanidine groups is 1. The minimum absolute atomic E-state index is 0.334. The maximum atomic E-state index is 5.94. The van der Waals surface area contributed by atoms with Crippen molar-refractivity contribution in [2.45, 2.75) is 12.8 Å². The fraction of sp³-hybridized carbons (Fsp3) is 0.350. The van der Waals surface area contributed by atoms with E-state index in [1.165, 1.54) is 5.56 Å². The lowest BCUT2D eigenvalue weighted by Gasteiger charge is -2.12. The van der Waals surface area contributed by atoms with Crippen molar-refractivity contribution in [2.24, 2.45) is 10.7 Å². The SMILES string of the molecule is COc1ccc(OC)c(NC(N)=NCCCOCCc2ccccc2)c1. The Bertz CT molecular complexity index is 690. The van der Waals surface area contributed by atoms with Crippen molar-refractivity contribution in [3.63, 3.8) is 0 Å². The first-order valence-corrected chi connectivity index (χ1v) is 8.63. The van der Waals surface area contributed by atoms with Gasteiger partial charge in [0.1, 0.15) is 11.5 Å². The molecular weight excluding hydrogens is 330 g/mol. The highest BCUT2D eigenvalue weighted by Gasteiger charge is 2.05.